The molecule has 0 aromatic rings. The predicted molar refractivity (Wildman–Crippen MR) is 59.6 cm³/mol. The van der Waals surface area contributed by atoms with Gasteiger partial charge in [0.15, 0.2) is 6.29 Å². The zero-order valence-corrected chi connectivity index (χ0v) is 9.74. The van der Waals surface area contributed by atoms with E-state index < -0.39 is 6.29 Å². The molecule has 0 aliphatic heterocycles. The molecule has 1 rings (SSSR count). The van der Waals surface area contributed by atoms with Crippen LogP contribution in [0.2, 0.25) is 0 Å². The summed E-state index contributed by atoms with van der Waals surface area (Å²) in [5, 5.41) is 9.49. The summed E-state index contributed by atoms with van der Waals surface area (Å²) in [6.07, 6.45) is 5.73. The van der Waals surface area contributed by atoms with Gasteiger partial charge < -0.3 is 14.6 Å². The zero-order chi connectivity index (χ0) is 11.3. The molecule has 0 aromatic heterocycles. The highest BCUT2D eigenvalue weighted by molar-refractivity contribution is 4.92. The Labute approximate surface area is 92.1 Å². The van der Waals surface area contributed by atoms with E-state index in [4.69, 9.17) is 9.47 Å². The quantitative estimate of drug-likeness (QED) is 0.544. The average Bonchev–Trinajstić information content (AvgIpc) is 2.62. The lowest BCUT2D eigenvalue weighted by Gasteiger charge is -2.31. The average molecular weight is 214 g/mol. The number of methoxy groups -OCH3 is 1. The SMILES string of the molecule is C=CC(O)OC1(CCC)CCC(OC)C1. The molecule has 3 unspecified atom stereocenters. The fourth-order valence-electron chi connectivity index (χ4n) is 2.40. The van der Waals surface area contributed by atoms with Gasteiger partial charge in [-0.15, -0.1) is 0 Å². The van der Waals surface area contributed by atoms with Gasteiger partial charge in [-0.25, -0.2) is 0 Å². The summed E-state index contributed by atoms with van der Waals surface area (Å²) in [4.78, 5) is 0. The Morgan fingerprint density at radius 3 is 2.87 bits per heavy atom. The topological polar surface area (TPSA) is 38.7 Å². The van der Waals surface area contributed by atoms with Crippen molar-refractivity contribution >= 4 is 0 Å². The first-order valence-electron chi connectivity index (χ1n) is 5.67. The van der Waals surface area contributed by atoms with Gasteiger partial charge >= 0.3 is 0 Å². The Kier molecular flexibility index (Phi) is 4.77. The maximum atomic E-state index is 9.49. The summed E-state index contributed by atoms with van der Waals surface area (Å²) >= 11 is 0. The first-order chi connectivity index (χ1) is 7.15. The lowest BCUT2D eigenvalue weighted by atomic mass is 9.96. The summed E-state index contributed by atoms with van der Waals surface area (Å²) < 4.78 is 11.0. The Hall–Kier alpha value is -0.380. The number of hydrogen-bond donors (Lipinski definition) is 1. The monoisotopic (exact) mass is 214 g/mol. The molecule has 15 heavy (non-hydrogen) atoms. The maximum absolute atomic E-state index is 9.49. The van der Waals surface area contributed by atoms with Crippen molar-refractivity contribution in [2.45, 2.75) is 57.0 Å². The Morgan fingerprint density at radius 1 is 1.67 bits per heavy atom. The van der Waals surface area contributed by atoms with Crippen molar-refractivity contribution in [3.63, 3.8) is 0 Å². The van der Waals surface area contributed by atoms with E-state index in [9.17, 15) is 5.11 Å². The molecule has 1 fully saturated rings. The van der Waals surface area contributed by atoms with Crippen LogP contribution in [0, 0.1) is 0 Å². The van der Waals surface area contributed by atoms with E-state index in [-0.39, 0.29) is 11.7 Å². The fourth-order valence-corrected chi connectivity index (χ4v) is 2.40. The van der Waals surface area contributed by atoms with Crippen LogP contribution >= 0.6 is 0 Å². The minimum Gasteiger partial charge on any atom is -0.381 e. The van der Waals surface area contributed by atoms with Gasteiger partial charge in [0.05, 0.1) is 11.7 Å². The van der Waals surface area contributed by atoms with Gasteiger partial charge in [-0.2, -0.15) is 0 Å². The van der Waals surface area contributed by atoms with Gasteiger partial charge in [0.2, 0.25) is 0 Å². The normalized spacial score (nSPS) is 32.9. The molecule has 0 spiro atoms. The van der Waals surface area contributed by atoms with Crippen LogP contribution in [0.5, 0.6) is 0 Å². The van der Waals surface area contributed by atoms with Crippen molar-refractivity contribution in [3.8, 4) is 0 Å². The lowest BCUT2D eigenvalue weighted by Crippen LogP contribution is -2.34. The molecule has 88 valence electrons. The number of rotatable bonds is 6. The van der Waals surface area contributed by atoms with Crippen LogP contribution in [0.4, 0.5) is 0 Å². The van der Waals surface area contributed by atoms with Gasteiger partial charge in [0.25, 0.3) is 0 Å². The van der Waals surface area contributed by atoms with Gasteiger partial charge in [-0.3, -0.25) is 0 Å². The standard InChI is InChI=1S/C12H22O3/c1-4-7-12(15-11(13)5-2)8-6-10(9-12)14-3/h5,10-11,13H,2,4,6-9H2,1,3H3. The van der Waals surface area contributed by atoms with E-state index in [1.54, 1.807) is 7.11 Å². The summed E-state index contributed by atoms with van der Waals surface area (Å²) in [5.41, 5.74) is -0.205. The molecular formula is C12H22O3. The molecule has 0 heterocycles. The molecule has 3 atom stereocenters. The minimum atomic E-state index is -0.854. The first kappa shape index (κ1) is 12.7. The largest absolute Gasteiger partial charge is 0.381 e. The molecule has 0 amide bonds. The van der Waals surface area contributed by atoms with Crippen LogP contribution in [0.1, 0.15) is 39.0 Å². The molecule has 3 nitrogen and oxygen atoms in total. The molecule has 1 N–H and O–H groups in total. The molecule has 1 aliphatic rings. The third-order valence-corrected chi connectivity index (χ3v) is 3.13. The van der Waals surface area contributed by atoms with Gasteiger partial charge in [0.1, 0.15) is 0 Å². The Morgan fingerprint density at radius 2 is 2.40 bits per heavy atom. The Balaban J connectivity index is 2.59. The van der Waals surface area contributed by atoms with E-state index in [0.717, 1.165) is 32.1 Å². The lowest BCUT2D eigenvalue weighted by molar-refractivity contribution is -0.164. The second kappa shape index (κ2) is 5.64. The third-order valence-electron chi connectivity index (χ3n) is 3.13. The summed E-state index contributed by atoms with van der Waals surface area (Å²) in [5.74, 6) is 0. The Bertz CT molecular complexity index is 205. The fraction of sp³-hybridized carbons (Fsp3) is 0.833. The van der Waals surface area contributed by atoms with Crippen LogP contribution in [-0.4, -0.2) is 30.2 Å². The van der Waals surface area contributed by atoms with Gasteiger partial charge in [0, 0.05) is 13.5 Å². The van der Waals surface area contributed by atoms with Crippen LogP contribution < -0.4 is 0 Å². The van der Waals surface area contributed by atoms with Gasteiger partial charge in [-0.05, 0) is 25.3 Å². The molecule has 0 radical (unpaired) electrons. The van der Waals surface area contributed by atoms with E-state index >= 15 is 0 Å². The van der Waals surface area contributed by atoms with Crippen molar-refractivity contribution in [3.05, 3.63) is 12.7 Å². The number of aliphatic hydroxyl groups is 1. The van der Waals surface area contributed by atoms with Crippen LogP contribution in [-0.2, 0) is 9.47 Å². The molecule has 0 aromatic carbocycles. The molecule has 0 saturated heterocycles. The van der Waals surface area contributed by atoms with Crippen molar-refractivity contribution in [2.75, 3.05) is 7.11 Å². The summed E-state index contributed by atoms with van der Waals surface area (Å²) in [7, 11) is 1.73. The van der Waals surface area contributed by atoms with Crippen molar-refractivity contribution in [1.29, 1.82) is 0 Å². The maximum Gasteiger partial charge on any atom is 0.174 e. The molecule has 1 saturated carbocycles. The van der Waals surface area contributed by atoms with Crippen molar-refractivity contribution in [2.24, 2.45) is 0 Å². The van der Waals surface area contributed by atoms with E-state index in [1.807, 2.05) is 0 Å². The van der Waals surface area contributed by atoms with E-state index in [2.05, 4.69) is 13.5 Å². The second-order valence-corrected chi connectivity index (χ2v) is 4.28. The number of ether oxygens (including phenoxy) is 2. The van der Waals surface area contributed by atoms with Crippen LogP contribution in [0.15, 0.2) is 12.7 Å². The molecular weight excluding hydrogens is 192 g/mol. The molecule has 0 bridgehead atoms. The zero-order valence-electron chi connectivity index (χ0n) is 9.74. The summed E-state index contributed by atoms with van der Waals surface area (Å²) in [6, 6.07) is 0. The first-order valence-corrected chi connectivity index (χ1v) is 5.67. The minimum absolute atomic E-state index is 0.205. The molecule has 3 heteroatoms. The highest BCUT2D eigenvalue weighted by Gasteiger charge is 2.40. The van der Waals surface area contributed by atoms with E-state index in [0.29, 0.717) is 0 Å². The van der Waals surface area contributed by atoms with Crippen LogP contribution in [0.3, 0.4) is 0 Å². The second-order valence-electron chi connectivity index (χ2n) is 4.28. The number of hydrogen-bond acceptors (Lipinski definition) is 3. The summed E-state index contributed by atoms with van der Waals surface area (Å²) in [6.45, 7) is 5.66. The highest BCUT2D eigenvalue weighted by Crippen LogP contribution is 2.39. The number of aliphatic hydroxyl groups excluding tert-OH is 1. The highest BCUT2D eigenvalue weighted by atomic mass is 16.6. The smallest absolute Gasteiger partial charge is 0.174 e. The molecule has 1 aliphatic carbocycles. The van der Waals surface area contributed by atoms with Gasteiger partial charge in [-0.1, -0.05) is 19.9 Å². The van der Waals surface area contributed by atoms with Crippen molar-refractivity contribution < 1.29 is 14.6 Å². The van der Waals surface area contributed by atoms with Crippen molar-refractivity contribution in [1.82, 2.24) is 0 Å². The third kappa shape index (κ3) is 3.30. The predicted octanol–water partition coefficient (Wildman–Crippen LogP) is 2.25. The van der Waals surface area contributed by atoms with E-state index in [1.165, 1.54) is 6.08 Å². The van der Waals surface area contributed by atoms with Crippen LogP contribution in [0.25, 0.3) is 0 Å².